The van der Waals surface area contributed by atoms with Crippen LogP contribution in [0.5, 0.6) is 5.75 Å². The minimum atomic E-state index is -0.657. The molecule has 3 rings (SSSR count). The third-order valence-corrected chi connectivity index (χ3v) is 4.12. The SMILES string of the molecule is NC(=O)C1CN(CC(O)COc2cccc3ccccc23)CCO1. The molecule has 2 atom stereocenters. The number of carbonyl (C=O) groups is 1. The van der Waals surface area contributed by atoms with Gasteiger partial charge in [-0.05, 0) is 11.5 Å². The fraction of sp³-hybridized carbons (Fsp3) is 0.389. The molecule has 1 fully saturated rings. The van der Waals surface area contributed by atoms with Gasteiger partial charge in [-0.25, -0.2) is 0 Å². The van der Waals surface area contributed by atoms with Crippen molar-refractivity contribution in [1.82, 2.24) is 4.90 Å². The third kappa shape index (κ3) is 4.03. The molecule has 3 N–H and O–H groups in total. The molecule has 1 aliphatic heterocycles. The molecule has 0 aliphatic carbocycles. The highest BCUT2D eigenvalue weighted by Gasteiger charge is 2.26. The lowest BCUT2D eigenvalue weighted by Crippen LogP contribution is -2.50. The lowest BCUT2D eigenvalue weighted by Gasteiger charge is -2.32. The molecule has 6 nitrogen and oxygen atoms in total. The number of primary amides is 1. The van der Waals surface area contributed by atoms with E-state index in [9.17, 15) is 9.90 Å². The molecule has 0 bridgehead atoms. The summed E-state index contributed by atoms with van der Waals surface area (Å²) in [4.78, 5) is 13.2. The van der Waals surface area contributed by atoms with Gasteiger partial charge in [-0.15, -0.1) is 0 Å². The molecular weight excluding hydrogens is 308 g/mol. The van der Waals surface area contributed by atoms with E-state index >= 15 is 0 Å². The van der Waals surface area contributed by atoms with E-state index in [0.29, 0.717) is 26.2 Å². The van der Waals surface area contributed by atoms with E-state index in [4.69, 9.17) is 15.2 Å². The second-order valence-corrected chi connectivity index (χ2v) is 5.96. The number of nitrogens with two attached hydrogens (primary N) is 1. The Balaban J connectivity index is 1.55. The normalized spacial score (nSPS) is 20.0. The average Bonchev–Trinajstić information content (AvgIpc) is 2.60. The van der Waals surface area contributed by atoms with Gasteiger partial charge in [0.2, 0.25) is 5.91 Å². The second-order valence-electron chi connectivity index (χ2n) is 5.96. The number of aliphatic hydroxyl groups is 1. The van der Waals surface area contributed by atoms with Gasteiger partial charge in [0.1, 0.15) is 24.6 Å². The van der Waals surface area contributed by atoms with Gasteiger partial charge in [0.25, 0.3) is 0 Å². The van der Waals surface area contributed by atoms with Crippen LogP contribution in [0.15, 0.2) is 42.5 Å². The number of β-amino-alcohol motifs (C(OH)–C–C–N with tert-alkyl or cyclic N) is 1. The molecule has 1 aliphatic rings. The summed E-state index contributed by atoms with van der Waals surface area (Å²) in [5.74, 6) is 0.283. The number of nitrogens with zero attached hydrogens (tertiary/aromatic N) is 1. The molecular formula is C18H22N2O4. The molecule has 0 spiro atoms. The Morgan fingerprint density at radius 3 is 2.96 bits per heavy atom. The lowest BCUT2D eigenvalue weighted by atomic mass is 10.1. The quantitative estimate of drug-likeness (QED) is 0.817. The highest BCUT2D eigenvalue weighted by Crippen LogP contribution is 2.25. The van der Waals surface area contributed by atoms with Crippen LogP contribution in [0, 0.1) is 0 Å². The number of morpholine rings is 1. The lowest BCUT2D eigenvalue weighted by molar-refractivity contribution is -0.136. The molecule has 128 valence electrons. The van der Waals surface area contributed by atoms with Gasteiger partial charge in [-0.2, -0.15) is 0 Å². The molecule has 0 saturated carbocycles. The first-order valence-electron chi connectivity index (χ1n) is 8.05. The van der Waals surface area contributed by atoms with Crippen molar-refractivity contribution in [2.75, 3.05) is 32.8 Å². The Morgan fingerprint density at radius 1 is 1.33 bits per heavy atom. The van der Waals surface area contributed by atoms with Gasteiger partial charge in [0.15, 0.2) is 0 Å². The Kier molecular flexibility index (Phi) is 5.30. The number of ether oxygens (including phenoxy) is 2. The summed E-state index contributed by atoms with van der Waals surface area (Å²) in [7, 11) is 0. The number of hydrogen-bond acceptors (Lipinski definition) is 5. The summed E-state index contributed by atoms with van der Waals surface area (Å²) in [6.45, 7) is 2.10. The largest absolute Gasteiger partial charge is 0.490 e. The van der Waals surface area contributed by atoms with Crippen LogP contribution in [0.1, 0.15) is 0 Å². The monoisotopic (exact) mass is 330 g/mol. The van der Waals surface area contributed by atoms with Crippen LogP contribution < -0.4 is 10.5 Å². The maximum atomic E-state index is 11.2. The van der Waals surface area contributed by atoms with Crippen LogP contribution in [0.25, 0.3) is 10.8 Å². The number of fused-ring (bicyclic) bond motifs is 1. The summed E-state index contributed by atoms with van der Waals surface area (Å²) in [5.41, 5.74) is 5.27. The van der Waals surface area contributed by atoms with E-state index in [2.05, 4.69) is 0 Å². The molecule has 1 amide bonds. The first-order chi connectivity index (χ1) is 11.6. The molecule has 1 saturated heterocycles. The van der Waals surface area contributed by atoms with Gasteiger partial charge < -0.3 is 20.3 Å². The molecule has 1 heterocycles. The van der Waals surface area contributed by atoms with Crippen molar-refractivity contribution in [2.45, 2.75) is 12.2 Å². The van der Waals surface area contributed by atoms with Crippen molar-refractivity contribution in [1.29, 1.82) is 0 Å². The maximum Gasteiger partial charge on any atom is 0.247 e. The van der Waals surface area contributed by atoms with E-state index in [1.54, 1.807) is 0 Å². The topological polar surface area (TPSA) is 85.0 Å². The van der Waals surface area contributed by atoms with Crippen LogP contribution in [-0.4, -0.2) is 61.0 Å². The number of rotatable bonds is 6. The predicted molar refractivity (Wildman–Crippen MR) is 90.8 cm³/mol. The zero-order valence-corrected chi connectivity index (χ0v) is 13.4. The highest BCUT2D eigenvalue weighted by atomic mass is 16.5. The van der Waals surface area contributed by atoms with Crippen LogP contribution >= 0.6 is 0 Å². The number of benzene rings is 2. The molecule has 0 radical (unpaired) electrons. The molecule has 2 aromatic carbocycles. The van der Waals surface area contributed by atoms with Gasteiger partial charge >= 0.3 is 0 Å². The van der Waals surface area contributed by atoms with Gasteiger partial charge in [-0.3, -0.25) is 9.69 Å². The first kappa shape index (κ1) is 16.7. The van der Waals surface area contributed by atoms with Crippen LogP contribution in [0.3, 0.4) is 0 Å². The van der Waals surface area contributed by atoms with Crippen molar-refractivity contribution in [2.24, 2.45) is 5.73 Å². The van der Waals surface area contributed by atoms with Crippen LogP contribution in [0.4, 0.5) is 0 Å². The summed E-state index contributed by atoms with van der Waals surface area (Å²) in [6.07, 6.45) is -1.26. The van der Waals surface area contributed by atoms with Gasteiger partial charge in [0.05, 0.1) is 6.61 Å². The number of amides is 1. The van der Waals surface area contributed by atoms with E-state index in [0.717, 1.165) is 16.5 Å². The molecule has 2 unspecified atom stereocenters. The number of hydrogen-bond donors (Lipinski definition) is 2. The second kappa shape index (κ2) is 7.61. The minimum Gasteiger partial charge on any atom is -0.490 e. The molecule has 24 heavy (non-hydrogen) atoms. The molecule has 6 heteroatoms. The Labute approximate surface area is 140 Å². The predicted octanol–water partition coefficient (Wildman–Crippen LogP) is 0.766. The van der Waals surface area contributed by atoms with Crippen molar-refractivity contribution in [3.05, 3.63) is 42.5 Å². The van der Waals surface area contributed by atoms with Gasteiger partial charge in [0, 0.05) is 25.0 Å². The Bertz CT molecular complexity index is 701. The summed E-state index contributed by atoms with van der Waals surface area (Å²) < 4.78 is 11.1. The fourth-order valence-electron chi connectivity index (χ4n) is 2.90. The number of aliphatic hydroxyl groups excluding tert-OH is 1. The van der Waals surface area contributed by atoms with Crippen molar-refractivity contribution in [3.8, 4) is 5.75 Å². The zero-order chi connectivity index (χ0) is 16.9. The average molecular weight is 330 g/mol. The first-order valence-corrected chi connectivity index (χ1v) is 8.05. The van der Waals surface area contributed by atoms with Crippen LogP contribution in [-0.2, 0) is 9.53 Å². The van der Waals surface area contributed by atoms with E-state index < -0.39 is 18.1 Å². The van der Waals surface area contributed by atoms with Crippen molar-refractivity contribution >= 4 is 16.7 Å². The van der Waals surface area contributed by atoms with E-state index in [1.807, 2.05) is 47.4 Å². The summed E-state index contributed by atoms with van der Waals surface area (Å²) in [5, 5.41) is 12.4. The third-order valence-electron chi connectivity index (χ3n) is 4.12. The highest BCUT2D eigenvalue weighted by molar-refractivity contribution is 5.88. The van der Waals surface area contributed by atoms with Crippen molar-refractivity contribution < 1.29 is 19.4 Å². The Hall–Kier alpha value is -2.15. The zero-order valence-electron chi connectivity index (χ0n) is 13.4. The van der Waals surface area contributed by atoms with Crippen LogP contribution in [0.2, 0.25) is 0 Å². The summed E-state index contributed by atoms with van der Waals surface area (Å²) in [6, 6.07) is 13.8. The maximum absolute atomic E-state index is 11.2. The Morgan fingerprint density at radius 2 is 2.12 bits per heavy atom. The van der Waals surface area contributed by atoms with E-state index in [1.165, 1.54) is 0 Å². The molecule has 0 aromatic heterocycles. The fourth-order valence-corrected chi connectivity index (χ4v) is 2.90. The molecule has 2 aromatic rings. The minimum absolute atomic E-state index is 0.187. The smallest absolute Gasteiger partial charge is 0.247 e. The van der Waals surface area contributed by atoms with Gasteiger partial charge in [-0.1, -0.05) is 36.4 Å². The van der Waals surface area contributed by atoms with Crippen molar-refractivity contribution in [3.63, 3.8) is 0 Å². The standard InChI is InChI=1S/C18H22N2O4/c19-18(22)17-11-20(8-9-23-17)10-14(21)12-24-16-7-3-5-13-4-1-2-6-15(13)16/h1-7,14,17,21H,8-12H2,(H2,19,22). The number of carbonyl (C=O) groups excluding carboxylic acids is 1. The summed E-state index contributed by atoms with van der Waals surface area (Å²) >= 11 is 0. The van der Waals surface area contributed by atoms with E-state index in [-0.39, 0.29) is 6.61 Å².